The molecule has 0 aliphatic carbocycles. The van der Waals surface area contributed by atoms with Gasteiger partial charge in [-0.05, 0) is 30.4 Å². The maximum absolute atomic E-state index is 8.95. The number of benzene rings is 1. The number of rotatable bonds is 7. The van der Waals surface area contributed by atoms with Crippen LogP contribution in [0.3, 0.4) is 0 Å². The zero-order valence-electron chi connectivity index (χ0n) is 10.3. The number of aliphatic hydroxyl groups is 1. The molecule has 0 amide bonds. The Morgan fingerprint density at radius 1 is 1.31 bits per heavy atom. The summed E-state index contributed by atoms with van der Waals surface area (Å²) in [6, 6.07) is 7.94. The van der Waals surface area contributed by atoms with E-state index in [0.29, 0.717) is 12.3 Å². The summed E-state index contributed by atoms with van der Waals surface area (Å²) >= 11 is 0. The average molecular weight is 222 g/mol. The van der Waals surface area contributed by atoms with Crippen molar-refractivity contribution >= 4 is 0 Å². The Morgan fingerprint density at radius 3 is 2.75 bits per heavy atom. The quantitative estimate of drug-likeness (QED) is 0.768. The molecule has 2 heteroatoms. The Balaban J connectivity index is 2.52. The fraction of sp³-hybridized carbons (Fsp3) is 0.571. The van der Waals surface area contributed by atoms with E-state index in [1.807, 2.05) is 24.3 Å². The lowest BCUT2D eigenvalue weighted by atomic mass is 10.1. The molecule has 1 aromatic carbocycles. The Bertz CT molecular complexity index is 297. The average Bonchev–Trinajstić information content (AvgIpc) is 2.29. The van der Waals surface area contributed by atoms with Crippen LogP contribution in [-0.2, 0) is 6.42 Å². The monoisotopic (exact) mass is 222 g/mol. The SMILES string of the molecule is CCCC(C)COc1ccccc1CCO. The Morgan fingerprint density at radius 2 is 2.06 bits per heavy atom. The van der Waals surface area contributed by atoms with Gasteiger partial charge in [-0.2, -0.15) is 0 Å². The predicted octanol–water partition coefficient (Wildman–Crippen LogP) is 3.04. The van der Waals surface area contributed by atoms with Gasteiger partial charge in [0.25, 0.3) is 0 Å². The van der Waals surface area contributed by atoms with Crippen LogP contribution in [0.2, 0.25) is 0 Å². The summed E-state index contributed by atoms with van der Waals surface area (Å²) in [4.78, 5) is 0. The summed E-state index contributed by atoms with van der Waals surface area (Å²) in [5, 5.41) is 8.95. The van der Waals surface area contributed by atoms with Gasteiger partial charge in [0.1, 0.15) is 5.75 Å². The normalized spacial score (nSPS) is 12.4. The molecular formula is C14H22O2. The van der Waals surface area contributed by atoms with Gasteiger partial charge in [0.2, 0.25) is 0 Å². The van der Waals surface area contributed by atoms with Crippen LogP contribution in [0, 0.1) is 5.92 Å². The third kappa shape index (κ3) is 4.23. The molecular weight excluding hydrogens is 200 g/mol. The minimum atomic E-state index is 0.172. The van der Waals surface area contributed by atoms with Gasteiger partial charge in [-0.15, -0.1) is 0 Å². The van der Waals surface area contributed by atoms with E-state index in [1.165, 1.54) is 12.8 Å². The van der Waals surface area contributed by atoms with E-state index >= 15 is 0 Å². The molecule has 0 radical (unpaired) electrons. The smallest absolute Gasteiger partial charge is 0.122 e. The van der Waals surface area contributed by atoms with Gasteiger partial charge in [0, 0.05) is 6.61 Å². The first-order valence-corrected chi connectivity index (χ1v) is 6.09. The first-order chi connectivity index (χ1) is 7.77. The molecule has 1 aromatic rings. The van der Waals surface area contributed by atoms with Gasteiger partial charge in [-0.25, -0.2) is 0 Å². The molecule has 1 N–H and O–H groups in total. The Kier molecular flexibility index (Phi) is 5.94. The first kappa shape index (κ1) is 13.0. The summed E-state index contributed by atoms with van der Waals surface area (Å²) < 4.78 is 5.79. The van der Waals surface area contributed by atoms with Crippen molar-refractivity contribution in [1.82, 2.24) is 0 Å². The van der Waals surface area contributed by atoms with E-state index in [4.69, 9.17) is 9.84 Å². The molecule has 0 bridgehead atoms. The molecule has 1 atom stereocenters. The van der Waals surface area contributed by atoms with E-state index in [1.54, 1.807) is 0 Å². The zero-order chi connectivity index (χ0) is 11.8. The molecule has 1 rings (SSSR count). The van der Waals surface area contributed by atoms with Gasteiger partial charge in [0.05, 0.1) is 6.61 Å². The fourth-order valence-corrected chi connectivity index (χ4v) is 1.78. The van der Waals surface area contributed by atoms with Crippen molar-refractivity contribution in [3.8, 4) is 5.75 Å². The van der Waals surface area contributed by atoms with E-state index in [2.05, 4.69) is 13.8 Å². The highest BCUT2D eigenvalue weighted by Crippen LogP contribution is 2.19. The second-order valence-corrected chi connectivity index (χ2v) is 4.29. The topological polar surface area (TPSA) is 29.5 Å². The predicted molar refractivity (Wildman–Crippen MR) is 66.8 cm³/mol. The molecule has 1 unspecified atom stereocenters. The minimum absolute atomic E-state index is 0.172. The van der Waals surface area contributed by atoms with E-state index < -0.39 is 0 Å². The highest BCUT2D eigenvalue weighted by molar-refractivity contribution is 5.33. The molecule has 90 valence electrons. The third-order valence-electron chi connectivity index (χ3n) is 2.66. The van der Waals surface area contributed by atoms with Crippen LogP contribution in [0.1, 0.15) is 32.3 Å². The number of para-hydroxylation sites is 1. The van der Waals surface area contributed by atoms with Crippen molar-refractivity contribution in [2.24, 2.45) is 5.92 Å². The van der Waals surface area contributed by atoms with Crippen molar-refractivity contribution < 1.29 is 9.84 Å². The van der Waals surface area contributed by atoms with Gasteiger partial charge < -0.3 is 9.84 Å². The minimum Gasteiger partial charge on any atom is -0.493 e. The van der Waals surface area contributed by atoms with Crippen LogP contribution < -0.4 is 4.74 Å². The summed E-state index contributed by atoms with van der Waals surface area (Å²) in [7, 11) is 0. The van der Waals surface area contributed by atoms with E-state index in [9.17, 15) is 0 Å². The third-order valence-corrected chi connectivity index (χ3v) is 2.66. The highest BCUT2D eigenvalue weighted by atomic mass is 16.5. The summed E-state index contributed by atoms with van der Waals surface area (Å²) in [6.45, 7) is 5.33. The second-order valence-electron chi connectivity index (χ2n) is 4.29. The van der Waals surface area contributed by atoms with Crippen LogP contribution in [0.4, 0.5) is 0 Å². The molecule has 0 spiro atoms. The molecule has 2 nitrogen and oxygen atoms in total. The lowest BCUT2D eigenvalue weighted by Crippen LogP contribution is -2.09. The van der Waals surface area contributed by atoms with Gasteiger partial charge in [-0.1, -0.05) is 38.5 Å². The summed E-state index contributed by atoms with van der Waals surface area (Å²) in [5.41, 5.74) is 1.09. The van der Waals surface area contributed by atoms with Crippen LogP contribution >= 0.6 is 0 Å². The Hall–Kier alpha value is -1.02. The van der Waals surface area contributed by atoms with Crippen LogP contribution in [0.5, 0.6) is 5.75 Å². The van der Waals surface area contributed by atoms with E-state index in [0.717, 1.165) is 17.9 Å². The number of hydrogen-bond acceptors (Lipinski definition) is 2. The van der Waals surface area contributed by atoms with Gasteiger partial charge in [0.15, 0.2) is 0 Å². The molecule has 0 aliphatic rings. The van der Waals surface area contributed by atoms with Crippen molar-refractivity contribution in [3.05, 3.63) is 29.8 Å². The number of aliphatic hydroxyl groups excluding tert-OH is 1. The van der Waals surface area contributed by atoms with Crippen LogP contribution in [0.15, 0.2) is 24.3 Å². The summed E-state index contributed by atoms with van der Waals surface area (Å²) in [6.07, 6.45) is 3.06. The van der Waals surface area contributed by atoms with Crippen molar-refractivity contribution in [1.29, 1.82) is 0 Å². The van der Waals surface area contributed by atoms with Gasteiger partial charge in [-0.3, -0.25) is 0 Å². The lowest BCUT2D eigenvalue weighted by Gasteiger charge is -2.14. The number of hydrogen-bond donors (Lipinski definition) is 1. The molecule has 16 heavy (non-hydrogen) atoms. The molecule has 0 saturated heterocycles. The summed E-state index contributed by atoms with van der Waals surface area (Å²) in [5.74, 6) is 1.51. The molecule has 0 heterocycles. The molecule has 0 fully saturated rings. The van der Waals surface area contributed by atoms with Crippen LogP contribution in [-0.4, -0.2) is 18.3 Å². The number of ether oxygens (including phenoxy) is 1. The lowest BCUT2D eigenvalue weighted by molar-refractivity contribution is 0.246. The zero-order valence-corrected chi connectivity index (χ0v) is 10.3. The Labute approximate surface area is 98.3 Å². The van der Waals surface area contributed by atoms with Crippen molar-refractivity contribution in [3.63, 3.8) is 0 Å². The van der Waals surface area contributed by atoms with E-state index in [-0.39, 0.29) is 6.61 Å². The first-order valence-electron chi connectivity index (χ1n) is 6.09. The largest absolute Gasteiger partial charge is 0.493 e. The fourth-order valence-electron chi connectivity index (χ4n) is 1.78. The second kappa shape index (κ2) is 7.29. The standard InChI is InChI=1S/C14H22O2/c1-3-6-12(2)11-16-14-8-5-4-7-13(14)9-10-15/h4-5,7-8,12,15H,3,6,9-11H2,1-2H3. The molecule has 0 aliphatic heterocycles. The molecule has 0 saturated carbocycles. The maximum Gasteiger partial charge on any atom is 0.122 e. The van der Waals surface area contributed by atoms with Crippen molar-refractivity contribution in [2.75, 3.05) is 13.2 Å². The maximum atomic E-state index is 8.95. The molecule has 0 aromatic heterocycles. The van der Waals surface area contributed by atoms with Crippen LogP contribution in [0.25, 0.3) is 0 Å². The van der Waals surface area contributed by atoms with Crippen molar-refractivity contribution in [2.45, 2.75) is 33.1 Å². The van der Waals surface area contributed by atoms with Gasteiger partial charge >= 0.3 is 0 Å². The highest BCUT2D eigenvalue weighted by Gasteiger charge is 2.05.